The van der Waals surface area contributed by atoms with Crippen LogP contribution in [0.2, 0.25) is 0 Å². The van der Waals surface area contributed by atoms with E-state index in [4.69, 9.17) is 14.7 Å². The molecular weight excluding hydrogens is 226 g/mol. The van der Waals surface area contributed by atoms with Crippen molar-refractivity contribution in [2.75, 3.05) is 6.61 Å². The fourth-order valence-corrected chi connectivity index (χ4v) is 1.93. The van der Waals surface area contributed by atoms with E-state index in [0.29, 0.717) is 12.2 Å². The number of nitrogens with zero attached hydrogens (tertiary/aromatic N) is 1. The molecule has 2 rings (SSSR count). The van der Waals surface area contributed by atoms with Crippen LogP contribution in [-0.4, -0.2) is 17.8 Å². The Hall–Kier alpha value is -1.37. The zero-order valence-corrected chi connectivity index (χ0v) is 11.4. The molecule has 1 aliphatic heterocycles. The van der Waals surface area contributed by atoms with Crippen molar-refractivity contribution < 1.29 is 9.47 Å². The number of ether oxygens (including phenoxy) is 2. The third-order valence-electron chi connectivity index (χ3n) is 3.89. The molecule has 0 spiro atoms. The van der Waals surface area contributed by atoms with Crippen LogP contribution in [0.15, 0.2) is 24.3 Å². The molecule has 3 nitrogen and oxygen atoms in total. The Balaban J connectivity index is 2.19. The molecule has 1 saturated heterocycles. The first-order valence-electron chi connectivity index (χ1n) is 6.17. The monoisotopic (exact) mass is 245 g/mol. The van der Waals surface area contributed by atoms with Gasteiger partial charge in [-0.2, -0.15) is 5.26 Å². The van der Waals surface area contributed by atoms with Gasteiger partial charge in [0.1, 0.15) is 6.10 Å². The molecule has 0 aliphatic carbocycles. The standard InChI is InChI=1S/C15H19NO2/c1-14(2)15(3,4)18-13(10-17-14)12-7-5-11(9-16)6-8-12/h5-8,13H,10H2,1-4H3. The highest BCUT2D eigenvalue weighted by atomic mass is 16.6. The second kappa shape index (κ2) is 4.38. The van der Waals surface area contributed by atoms with Crippen molar-refractivity contribution in [1.29, 1.82) is 5.26 Å². The van der Waals surface area contributed by atoms with Crippen LogP contribution in [0.3, 0.4) is 0 Å². The first-order chi connectivity index (χ1) is 8.36. The Labute approximate surface area is 108 Å². The summed E-state index contributed by atoms with van der Waals surface area (Å²) < 4.78 is 12.1. The molecule has 3 heteroatoms. The molecular formula is C15H19NO2. The molecule has 1 unspecified atom stereocenters. The summed E-state index contributed by atoms with van der Waals surface area (Å²) in [6.45, 7) is 8.72. The van der Waals surface area contributed by atoms with Crippen molar-refractivity contribution in [3.63, 3.8) is 0 Å². The molecule has 1 fully saturated rings. The van der Waals surface area contributed by atoms with Crippen molar-refractivity contribution in [3.05, 3.63) is 35.4 Å². The van der Waals surface area contributed by atoms with E-state index in [1.54, 1.807) is 0 Å². The summed E-state index contributed by atoms with van der Waals surface area (Å²) in [5, 5.41) is 8.78. The predicted molar refractivity (Wildman–Crippen MR) is 69.1 cm³/mol. The summed E-state index contributed by atoms with van der Waals surface area (Å²) in [5.74, 6) is 0. The van der Waals surface area contributed by atoms with Gasteiger partial charge < -0.3 is 9.47 Å². The molecule has 18 heavy (non-hydrogen) atoms. The van der Waals surface area contributed by atoms with Gasteiger partial charge in [-0.1, -0.05) is 12.1 Å². The van der Waals surface area contributed by atoms with Crippen molar-refractivity contribution in [3.8, 4) is 6.07 Å². The van der Waals surface area contributed by atoms with Crippen LogP contribution in [-0.2, 0) is 9.47 Å². The summed E-state index contributed by atoms with van der Waals surface area (Å²) in [6.07, 6.45) is -0.0687. The normalized spacial score (nSPS) is 25.4. The average molecular weight is 245 g/mol. The molecule has 0 bridgehead atoms. The van der Waals surface area contributed by atoms with Crippen molar-refractivity contribution >= 4 is 0 Å². The van der Waals surface area contributed by atoms with E-state index < -0.39 is 0 Å². The minimum Gasteiger partial charge on any atom is -0.370 e. The van der Waals surface area contributed by atoms with E-state index in [9.17, 15) is 0 Å². The minimum absolute atomic E-state index is 0.0687. The van der Waals surface area contributed by atoms with Gasteiger partial charge in [0, 0.05) is 0 Å². The van der Waals surface area contributed by atoms with Crippen LogP contribution < -0.4 is 0 Å². The lowest BCUT2D eigenvalue weighted by atomic mass is 9.87. The first-order valence-corrected chi connectivity index (χ1v) is 6.17. The third-order valence-corrected chi connectivity index (χ3v) is 3.89. The summed E-state index contributed by atoms with van der Waals surface area (Å²) >= 11 is 0. The number of nitriles is 1. The van der Waals surface area contributed by atoms with Crippen LogP contribution in [0.25, 0.3) is 0 Å². The van der Waals surface area contributed by atoms with Gasteiger partial charge in [-0.05, 0) is 45.4 Å². The van der Waals surface area contributed by atoms with Gasteiger partial charge in [-0.3, -0.25) is 0 Å². The number of rotatable bonds is 1. The molecule has 1 aromatic carbocycles. The van der Waals surface area contributed by atoms with Gasteiger partial charge in [0.2, 0.25) is 0 Å². The number of benzene rings is 1. The summed E-state index contributed by atoms with van der Waals surface area (Å²) in [4.78, 5) is 0. The van der Waals surface area contributed by atoms with Crippen molar-refractivity contribution in [2.45, 2.75) is 45.0 Å². The van der Waals surface area contributed by atoms with Gasteiger partial charge in [0.15, 0.2) is 0 Å². The van der Waals surface area contributed by atoms with Crippen LogP contribution in [0.5, 0.6) is 0 Å². The van der Waals surface area contributed by atoms with E-state index in [1.165, 1.54) is 0 Å². The van der Waals surface area contributed by atoms with Crippen molar-refractivity contribution in [2.24, 2.45) is 0 Å². The van der Waals surface area contributed by atoms with E-state index in [2.05, 4.69) is 6.07 Å². The maximum Gasteiger partial charge on any atom is 0.107 e. The molecule has 0 amide bonds. The fraction of sp³-hybridized carbons (Fsp3) is 0.533. The number of hydrogen-bond donors (Lipinski definition) is 0. The van der Waals surface area contributed by atoms with Crippen LogP contribution in [0.1, 0.15) is 44.9 Å². The lowest BCUT2D eigenvalue weighted by Crippen LogP contribution is -2.54. The molecule has 96 valence electrons. The Kier molecular flexibility index (Phi) is 3.18. The molecule has 0 N–H and O–H groups in total. The highest BCUT2D eigenvalue weighted by Crippen LogP contribution is 2.39. The minimum atomic E-state index is -0.343. The largest absolute Gasteiger partial charge is 0.370 e. The molecule has 1 aliphatic rings. The van der Waals surface area contributed by atoms with Gasteiger partial charge in [0.25, 0.3) is 0 Å². The summed E-state index contributed by atoms with van der Waals surface area (Å²) in [7, 11) is 0. The molecule has 0 radical (unpaired) electrons. The average Bonchev–Trinajstić information content (AvgIpc) is 2.33. The highest BCUT2D eigenvalue weighted by molar-refractivity contribution is 5.32. The maximum atomic E-state index is 8.78. The van der Waals surface area contributed by atoms with Crippen LogP contribution >= 0.6 is 0 Å². The Bertz CT molecular complexity index is 468. The molecule has 1 atom stereocenters. The summed E-state index contributed by atoms with van der Waals surface area (Å²) in [6, 6.07) is 9.60. The highest BCUT2D eigenvalue weighted by Gasteiger charge is 2.45. The number of hydrogen-bond acceptors (Lipinski definition) is 3. The van der Waals surface area contributed by atoms with E-state index in [-0.39, 0.29) is 17.3 Å². The van der Waals surface area contributed by atoms with Gasteiger partial charge >= 0.3 is 0 Å². The maximum absolute atomic E-state index is 8.78. The Morgan fingerprint density at radius 1 is 1.11 bits per heavy atom. The molecule has 0 saturated carbocycles. The zero-order chi connectivity index (χ0) is 13.4. The second-order valence-corrected chi connectivity index (χ2v) is 5.67. The molecule has 1 aromatic rings. The smallest absolute Gasteiger partial charge is 0.107 e. The van der Waals surface area contributed by atoms with E-state index in [0.717, 1.165) is 5.56 Å². The van der Waals surface area contributed by atoms with Gasteiger partial charge in [-0.15, -0.1) is 0 Å². The lowest BCUT2D eigenvalue weighted by Gasteiger charge is -2.48. The first kappa shape index (κ1) is 13.1. The second-order valence-electron chi connectivity index (χ2n) is 5.67. The van der Waals surface area contributed by atoms with Crippen LogP contribution in [0.4, 0.5) is 0 Å². The lowest BCUT2D eigenvalue weighted by molar-refractivity contribution is -0.265. The quantitative estimate of drug-likeness (QED) is 0.763. The zero-order valence-electron chi connectivity index (χ0n) is 11.4. The van der Waals surface area contributed by atoms with E-state index >= 15 is 0 Å². The Morgan fingerprint density at radius 3 is 2.22 bits per heavy atom. The predicted octanol–water partition coefficient (Wildman–Crippen LogP) is 3.20. The van der Waals surface area contributed by atoms with Crippen LogP contribution in [0, 0.1) is 11.3 Å². The summed E-state index contributed by atoms with van der Waals surface area (Å²) in [5.41, 5.74) is 1.08. The Morgan fingerprint density at radius 2 is 1.72 bits per heavy atom. The SMILES string of the molecule is CC1(C)OCC(c2ccc(C#N)cc2)OC1(C)C. The molecule has 1 heterocycles. The van der Waals surface area contributed by atoms with Gasteiger partial charge in [-0.25, -0.2) is 0 Å². The van der Waals surface area contributed by atoms with Gasteiger partial charge in [0.05, 0.1) is 29.4 Å². The topological polar surface area (TPSA) is 42.2 Å². The van der Waals surface area contributed by atoms with E-state index in [1.807, 2.05) is 52.0 Å². The fourth-order valence-electron chi connectivity index (χ4n) is 1.93. The molecule has 0 aromatic heterocycles. The third kappa shape index (κ3) is 2.27. The van der Waals surface area contributed by atoms with Crippen molar-refractivity contribution in [1.82, 2.24) is 0 Å².